The number of carbonyl (C=O) groups excluding carboxylic acids is 1. The lowest BCUT2D eigenvalue weighted by atomic mass is 9.82. The molecule has 0 amide bonds. The van der Waals surface area contributed by atoms with Gasteiger partial charge < -0.3 is 29.9 Å². The Labute approximate surface area is 186 Å². The van der Waals surface area contributed by atoms with Gasteiger partial charge in [-0.2, -0.15) is 0 Å². The molecule has 2 aliphatic rings. The number of phenolic OH excluding ortho intramolecular Hbond substituents is 3. The van der Waals surface area contributed by atoms with Gasteiger partial charge in [0.15, 0.2) is 5.78 Å². The Hall–Kier alpha value is -3.19. The van der Waals surface area contributed by atoms with Crippen LogP contribution in [0.25, 0.3) is 0 Å². The maximum Gasteiger partial charge on any atom is 0.181 e. The maximum atomic E-state index is 13.5. The highest BCUT2D eigenvalue weighted by atomic mass is 16.5. The summed E-state index contributed by atoms with van der Waals surface area (Å²) in [5, 5.41) is 41.5. The van der Waals surface area contributed by atoms with Crippen LogP contribution in [0.1, 0.15) is 60.7 Å². The van der Waals surface area contributed by atoms with Crippen molar-refractivity contribution < 1.29 is 34.7 Å². The lowest BCUT2D eigenvalue weighted by Crippen LogP contribution is -2.46. The molecule has 170 valence electrons. The molecule has 2 heterocycles. The number of carbonyl (C=O) groups is 1. The molecular weight excluding hydrogens is 412 g/mol. The summed E-state index contributed by atoms with van der Waals surface area (Å²) < 4.78 is 12.1. The first kappa shape index (κ1) is 22.0. The van der Waals surface area contributed by atoms with Crippen molar-refractivity contribution in [3.63, 3.8) is 0 Å². The summed E-state index contributed by atoms with van der Waals surface area (Å²) in [6, 6.07) is 4.02. The fraction of sp³-hybridized carbons (Fsp3) is 0.400. The second kappa shape index (κ2) is 7.74. The quantitative estimate of drug-likeness (QED) is 0.537. The number of allylic oxidation sites excluding steroid dienone is 2. The third-order valence-corrected chi connectivity index (χ3v) is 6.20. The van der Waals surface area contributed by atoms with Crippen molar-refractivity contribution in [1.29, 1.82) is 0 Å². The molecule has 0 aliphatic carbocycles. The standard InChI is InChI=1S/C25H28O7/c1-12(2)5-7-15-23-16(10-19(28)25(3,4)32-23)21(29)20-22(30)17(11-31-24(15)20)14-8-6-13(26)9-18(14)27/h5-6,8-9,17,19,26-29H,7,10-11H2,1-4H3. The van der Waals surface area contributed by atoms with Crippen molar-refractivity contribution in [2.45, 2.75) is 58.2 Å². The minimum Gasteiger partial charge on any atom is -0.508 e. The van der Waals surface area contributed by atoms with Crippen molar-refractivity contribution in [2.24, 2.45) is 0 Å². The Balaban J connectivity index is 1.90. The highest BCUT2D eigenvalue weighted by Gasteiger charge is 2.43. The van der Waals surface area contributed by atoms with Gasteiger partial charge in [-0.05, 0) is 40.2 Å². The summed E-state index contributed by atoms with van der Waals surface area (Å²) >= 11 is 0. The summed E-state index contributed by atoms with van der Waals surface area (Å²) in [6.45, 7) is 7.44. The van der Waals surface area contributed by atoms with E-state index in [0.717, 1.165) is 11.6 Å². The predicted octanol–water partition coefficient (Wildman–Crippen LogP) is 3.75. The number of Topliss-reactive ketones (excluding diaryl/α,β-unsaturated/α-hetero) is 1. The van der Waals surface area contributed by atoms with Gasteiger partial charge in [0.05, 0.1) is 12.0 Å². The number of ether oxygens (including phenoxy) is 2. The third-order valence-electron chi connectivity index (χ3n) is 6.20. The van der Waals surface area contributed by atoms with Crippen molar-refractivity contribution in [1.82, 2.24) is 0 Å². The zero-order valence-corrected chi connectivity index (χ0v) is 18.6. The summed E-state index contributed by atoms with van der Waals surface area (Å²) in [6.07, 6.45) is 1.68. The van der Waals surface area contributed by atoms with Crippen LogP contribution in [0.3, 0.4) is 0 Å². The van der Waals surface area contributed by atoms with E-state index < -0.39 is 23.4 Å². The van der Waals surface area contributed by atoms with Gasteiger partial charge in [-0.25, -0.2) is 0 Å². The summed E-state index contributed by atoms with van der Waals surface area (Å²) in [5.41, 5.74) is 1.56. The van der Waals surface area contributed by atoms with Gasteiger partial charge in [-0.3, -0.25) is 4.79 Å². The van der Waals surface area contributed by atoms with E-state index in [1.165, 1.54) is 12.1 Å². The van der Waals surface area contributed by atoms with E-state index in [4.69, 9.17) is 9.47 Å². The third kappa shape index (κ3) is 3.56. The molecule has 0 fully saturated rings. The van der Waals surface area contributed by atoms with Crippen LogP contribution in [0.4, 0.5) is 0 Å². The number of ketones is 1. The predicted molar refractivity (Wildman–Crippen MR) is 118 cm³/mol. The van der Waals surface area contributed by atoms with Gasteiger partial charge in [-0.1, -0.05) is 17.7 Å². The Morgan fingerprint density at radius 1 is 1.19 bits per heavy atom. The largest absolute Gasteiger partial charge is 0.508 e. The zero-order chi connectivity index (χ0) is 23.4. The molecule has 7 nitrogen and oxygen atoms in total. The Bertz CT molecular complexity index is 1130. The minimum absolute atomic E-state index is 0.0279. The molecule has 2 atom stereocenters. The van der Waals surface area contributed by atoms with Gasteiger partial charge in [0.1, 0.15) is 46.5 Å². The topological polar surface area (TPSA) is 116 Å². The highest BCUT2D eigenvalue weighted by Crippen LogP contribution is 2.51. The first-order valence-corrected chi connectivity index (χ1v) is 10.6. The van der Waals surface area contributed by atoms with Crippen LogP contribution in [0.5, 0.6) is 28.7 Å². The second-order valence-electron chi connectivity index (χ2n) is 9.22. The van der Waals surface area contributed by atoms with Crippen LogP contribution in [-0.4, -0.2) is 44.5 Å². The van der Waals surface area contributed by atoms with Gasteiger partial charge in [0.25, 0.3) is 0 Å². The average molecular weight is 440 g/mol. The summed E-state index contributed by atoms with van der Waals surface area (Å²) in [5.74, 6) is -1.15. The van der Waals surface area contributed by atoms with Crippen LogP contribution in [0.15, 0.2) is 29.8 Å². The number of phenols is 3. The van der Waals surface area contributed by atoms with E-state index in [2.05, 4.69) is 0 Å². The number of fused-ring (bicyclic) bond motifs is 2. The van der Waals surface area contributed by atoms with Gasteiger partial charge in [0, 0.05) is 29.2 Å². The Morgan fingerprint density at radius 3 is 2.56 bits per heavy atom. The van der Waals surface area contributed by atoms with E-state index in [9.17, 15) is 25.2 Å². The molecular formula is C25H28O7. The fourth-order valence-corrected chi connectivity index (χ4v) is 4.24. The molecule has 2 aromatic carbocycles. The zero-order valence-electron chi connectivity index (χ0n) is 18.6. The molecule has 7 heteroatoms. The van der Waals surface area contributed by atoms with Crippen LogP contribution >= 0.6 is 0 Å². The Kier molecular flexibility index (Phi) is 5.33. The first-order chi connectivity index (χ1) is 15.0. The second-order valence-corrected chi connectivity index (χ2v) is 9.22. The molecule has 0 bridgehead atoms. The van der Waals surface area contributed by atoms with Gasteiger partial charge in [0.2, 0.25) is 0 Å². The van der Waals surface area contributed by atoms with Crippen molar-refractivity contribution in [3.8, 4) is 28.7 Å². The first-order valence-electron chi connectivity index (χ1n) is 10.6. The van der Waals surface area contributed by atoms with Gasteiger partial charge >= 0.3 is 0 Å². The van der Waals surface area contributed by atoms with Crippen LogP contribution in [-0.2, 0) is 12.8 Å². The van der Waals surface area contributed by atoms with Crippen molar-refractivity contribution in [3.05, 3.63) is 52.1 Å². The van der Waals surface area contributed by atoms with Gasteiger partial charge in [-0.15, -0.1) is 0 Å². The number of aliphatic hydroxyl groups is 1. The summed E-state index contributed by atoms with van der Waals surface area (Å²) in [4.78, 5) is 13.5. The molecule has 32 heavy (non-hydrogen) atoms. The van der Waals surface area contributed by atoms with Crippen LogP contribution in [0, 0.1) is 0 Å². The van der Waals surface area contributed by atoms with Crippen LogP contribution < -0.4 is 9.47 Å². The van der Waals surface area contributed by atoms with Crippen LogP contribution in [0.2, 0.25) is 0 Å². The molecule has 4 rings (SSSR count). The van der Waals surface area contributed by atoms with E-state index in [1.807, 2.05) is 19.9 Å². The number of aromatic hydroxyl groups is 3. The van der Waals surface area contributed by atoms with E-state index in [0.29, 0.717) is 28.9 Å². The maximum absolute atomic E-state index is 13.5. The molecule has 0 saturated heterocycles. The van der Waals surface area contributed by atoms with Crippen molar-refractivity contribution in [2.75, 3.05) is 6.61 Å². The smallest absolute Gasteiger partial charge is 0.181 e. The molecule has 2 aliphatic heterocycles. The van der Waals surface area contributed by atoms with Crippen molar-refractivity contribution >= 4 is 5.78 Å². The van der Waals surface area contributed by atoms with E-state index in [1.54, 1.807) is 13.8 Å². The lowest BCUT2D eigenvalue weighted by molar-refractivity contribution is -0.0425. The fourth-order valence-electron chi connectivity index (χ4n) is 4.24. The molecule has 2 unspecified atom stereocenters. The SMILES string of the molecule is CC(C)=CCc1c2c(c(O)c3c1OCC(c1ccc(O)cc1O)C3=O)CC(O)C(C)(C)O2. The Morgan fingerprint density at radius 2 is 1.91 bits per heavy atom. The number of hydrogen-bond donors (Lipinski definition) is 4. The molecule has 0 aromatic heterocycles. The molecule has 4 N–H and O–H groups in total. The number of rotatable bonds is 3. The highest BCUT2D eigenvalue weighted by molar-refractivity contribution is 6.08. The average Bonchev–Trinajstić information content (AvgIpc) is 2.70. The summed E-state index contributed by atoms with van der Waals surface area (Å²) in [7, 11) is 0. The number of aliphatic hydroxyl groups excluding tert-OH is 1. The lowest BCUT2D eigenvalue weighted by Gasteiger charge is -2.40. The molecule has 0 saturated carbocycles. The molecule has 0 radical (unpaired) electrons. The van der Waals surface area contributed by atoms with E-state index >= 15 is 0 Å². The molecule has 0 spiro atoms. The normalized spacial score (nSPS) is 21.1. The minimum atomic E-state index is -0.869. The number of hydrogen-bond acceptors (Lipinski definition) is 7. The van der Waals surface area contributed by atoms with E-state index in [-0.39, 0.29) is 41.6 Å². The number of benzene rings is 2. The monoisotopic (exact) mass is 440 g/mol. The molecule has 2 aromatic rings.